The molecule has 0 unspecified atom stereocenters. The van der Waals surface area contributed by atoms with Crippen LogP contribution in [0.3, 0.4) is 0 Å². The van der Waals surface area contributed by atoms with Gasteiger partial charge in [0.2, 0.25) is 0 Å². The summed E-state index contributed by atoms with van der Waals surface area (Å²) in [5, 5.41) is 6.33. The van der Waals surface area contributed by atoms with Gasteiger partial charge in [0.25, 0.3) is 0 Å². The molecular formula is C12H8Cl2N4S. The SMILES string of the molecule is CSc1ncc2c(-c3ccccc3Cl)nn(Cl)c2n1. The molecule has 1 aromatic carbocycles. The van der Waals surface area contributed by atoms with Crippen LogP contribution in [0.25, 0.3) is 22.3 Å². The molecule has 2 aromatic heterocycles. The van der Waals surface area contributed by atoms with Crippen molar-refractivity contribution < 1.29 is 0 Å². The van der Waals surface area contributed by atoms with Crippen LogP contribution in [0.5, 0.6) is 0 Å². The van der Waals surface area contributed by atoms with Crippen molar-refractivity contribution in [1.82, 2.24) is 19.3 Å². The number of fused-ring (bicyclic) bond motifs is 1. The Hall–Kier alpha value is -1.30. The van der Waals surface area contributed by atoms with Crippen molar-refractivity contribution in [2.45, 2.75) is 5.16 Å². The average molecular weight is 311 g/mol. The second-order valence-electron chi connectivity index (χ2n) is 3.78. The molecule has 0 atom stereocenters. The third-order valence-corrected chi connectivity index (χ3v) is 3.80. The summed E-state index contributed by atoms with van der Waals surface area (Å²) in [6.45, 7) is 0. The maximum absolute atomic E-state index is 6.19. The maximum atomic E-state index is 6.19. The van der Waals surface area contributed by atoms with Gasteiger partial charge in [-0.15, -0.1) is 0 Å². The van der Waals surface area contributed by atoms with E-state index in [0.717, 1.165) is 10.9 Å². The number of thioether (sulfide) groups is 1. The van der Waals surface area contributed by atoms with Gasteiger partial charge in [-0.25, -0.2) is 9.97 Å². The molecule has 3 aromatic rings. The van der Waals surface area contributed by atoms with Gasteiger partial charge in [0, 0.05) is 23.5 Å². The number of hydrogen-bond donors (Lipinski definition) is 0. The van der Waals surface area contributed by atoms with Crippen molar-refractivity contribution in [2.75, 3.05) is 6.26 Å². The first-order chi connectivity index (χ1) is 9.20. The fraction of sp³-hybridized carbons (Fsp3) is 0.0833. The molecule has 4 nitrogen and oxygen atoms in total. The van der Waals surface area contributed by atoms with Gasteiger partial charge >= 0.3 is 0 Å². The zero-order valence-corrected chi connectivity index (χ0v) is 12.2. The van der Waals surface area contributed by atoms with Crippen LogP contribution in [0, 0.1) is 0 Å². The molecule has 3 rings (SSSR count). The van der Waals surface area contributed by atoms with Crippen molar-refractivity contribution in [2.24, 2.45) is 0 Å². The third-order valence-electron chi connectivity index (χ3n) is 2.68. The lowest BCUT2D eigenvalue weighted by molar-refractivity contribution is 0.953. The van der Waals surface area contributed by atoms with E-state index in [4.69, 9.17) is 23.4 Å². The molecule has 0 amide bonds. The second-order valence-corrected chi connectivity index (χ2v) is 5.28. The summed E-state index contributed by atoms with van der Waals surface area (Å²) in [6.07, 6.45) is 3.63. The van der Waals surface area contributed by atoms with E-state index in [9.17, 15) is 0 Å². The smallest absolute Gasteiger partial charge is 0.189 e. The Morgan fingerprint density at radius 3 is 2.79 bits per heavy atom. The Bertz CT molecular complexity index is 757. The Kier molecular flexibility index (Phi) is 3.35. The molecule has 0 fully saturated rings. The minimum absolute atomic E-state index is 0.580. The van der Waals surface area contributed by atoms with Crippen molar-refractivity contribution in [3.63, 3.8) is 0 Å². The lowest BCUT2D eigenvalue weighted by Crippen LogP contribution is -1.89. The molecule has 0 spiro atoms. The zero-order valence-electron chi connectivity index (χ0n) is 9.84. The van der Waals surface area contributed by atoms with Gasteiger partial charge in [0.05, 0.1) is 10.4 Å². The van der Waals surface area contributed by atoms with Crippen LogP contribution >= 0.6 is 35.1 Å². The Labute approximate surface area is 123 Å². The molecule has 19 heavy (non-hydrogen) atoms. The highest BCUT2D eigenvalue weighted by Gasteiger charge is 2.15. The predicted octanol–water partition coefficient (Wildman–Crippen LogP) is 3.87. The molecule has 7 heteroatoms. The van der Waals surface area contributed by atoms with E-state index >= 15 is 0 Å². The number of hydrogen-bond acceptors (Lipinski definition) is 4. The first kappa shape index (κ1) is 12.7. The fourth-order valence-corrected chi connectivity index (χ4v) is 2.57. The molecule has 96 valence electrons. The maximum Gasteiger partial charge on any atom is 0.189 e. The summed E-state index contributed by atoms with van der Waals surface area (Å²) >= 11 is 13.7. The number of halogens is 2. The number of aromatic nitrogens is 4. The first-order valence-electron chi connectivity index (χ1n) is 5.41. The number of benzene rings is 1. The summed E-state index contributed by atoms with van der Waals surface area (Å²) in [5.74, 6) is 0. The monoisotopic (exact) mass is 310 g/mol. The Morgan fingerprint density at radius 2 is 2.05 bits per heavy atom. The van der Waals surface area contributed by atoms with Crippen molar-refractivity contribution in [3.05, 3.63) is 35.5 Å². The van der Waals surface area contributed by atoms with Crippen LogP contribution in [-0.4, -0.2) is 25.5 Å². The summed E-state index contributed by atoms with van der Waals surface area (Å²) in [7, 11) is 0. The molecule has 0 saturated carbocycles. The molecule has 2 heterocycles. The first-order valence-corrected chi connectivity index (χ1v) is 7.35. The van der Waals surface area contributed by atoms with Crippen molar-refractivity contribution in [1.29, 1.82) is 0 Å². The Morgan fingerprint density at radius 1 is 1.26 bits per heavy atom. The van der Waals surface area contributed by atoms with Gasteiger partial charge in [0.15, 0.2) is 10.8 Å². The minimum Gasteiger partial charge on any atom is -0.230 e. The van der Waals surface area contributed by atoms with E-state index in [1.54, 1.807) is 6.20 Å². The van der Waals surface area contributed by atoms with Crippen LogP contribution in [0.4, 0.5) is 0 Å². The van der Waals surface area contributed by atoms with Gasteiger partial charge in [-0.1, -0.05) is 41.6 Å². The van der Waals surface area contributed by atoms with Crippen LogP contribution in [0.2, 0.25) is 5.02 Å². The lowest BCUT2D eigenvalue weighted by atomic mass is 10.1. The lowest BCUT2D eigenvalue weighted by Gasteiger charge is -2.00. The largest absolute Gasteiger partial charge is 0.230 e. The topological polar surface area (TPSA) is 43.6 Å². The van der Waals surface area contributed by atoms with Gasteiger partial charge in [-0.05, 0) is 12.3 Å². The number of nitrogens with zero attached hydrogens (tertiary/aromatic N) is 4. The van der Waals surface area contributed by atoms with Crippen LogP contribution < -0.4 is 0 Å². The van der Waals surface area contributed by atoms with E-state index < -0.39 is 0 Å². The zero-order chi connectivity index (χ0) is 13.4. The van der Waals surface area contributed by atoms with Crippen LogP contribution in [0.15, 0.2) is 35.6 Å². The second kappa shape index (κ2) is 5.00. The van der Waals surface area contributed by atoms with E-state index in [1.807, 2.05) is 30.5 Å². The summed E-state index contributed by atoms with van der Waals surface area (Å²) < 4.78 is 1.23. The molecule has 0 bridgehead atoms. The van der Waals surface area contributed by atoms with E-state index in [0.29, 0.717) is 21.5 Å². The molecule has 0 aliphatic carbocycles. The fourth-order valence-electron chi connectivity index (χ4n) is 1.80. The van der Waals surface area contributed by atoms with Gasteiger partial charge in [0.1, 0.15) is 5.69 Å². The molecule has 0 saturated heterocycles. The highest BCUT2D eigenvalue weighted by molar-refractivity contribution is 7.98. The predicted molar refractivity (Wildman–Crippen MR) is 78.8 cm³/mol. The molecule has 0 aliphatic rings. The van der Waals surface area contributed by atoms with E-state index in [1.165, 1.54) is 16.0 Å². The summed E-state index contributed by atoms with van der Waals surface area (Å²) in [4.78, 5) is 8.60. The van der Waals surface area contributed by atoms with Crippen molar-refractivity contribution in [3.8, 4) is 11.3 Å². The standard InChI is InChI=1S/C12H8Cl2N4S/c1-19-12-15-6-8-10(17-18(14)11(8)16-12)7-4-2-3-5-9(7)13/h2-6H,1H3. The average Bonchev–Trinajstić information content (AvgIpc) is 2.76. The highest BCUT2D eigenvalue weighted by atomic mass is 35.5. The van der Waals surface area contributed by atoms with Crippen LogP contribution in [-0.2, 0) is 0 Å². The van der Waals surface area contributed by atoms with Crippen LogP contribution in [0.1, 0.15) is 0 Å². The van der Waals surface area contributed by atoms with Crippen molar-refractivity contribution >= 4 is 46.2 Å². The summed E-state index contributed by atoms with van der Waals surface area (Å²) in [5.41, 5.74) is 2.08. The van der Waals surface area contributed by atoms with E-state index in [2.05, 4.69) is 15.1 Å². The molecule has 0 radical (unpaired) electrons. The quantitative estimate of drug-likeness (QED) is 0.532. The minimum atomic E-state index is 0.580. The third kappa shape index (κ3) is 2.18. The normalized spacial score (nSPS) is 11.1. The molecular weight excluding hydrogens is 303 g/mol. The molecule has 0 N–H and O–H groups in total. The Balaban J connectivity index is 2.29. The molecule has 0 aliphatic heterocycles. The van der Waals surface area contributed by atoms with Gasteiger partial charge < -0.3 is 0 Å². The van der Waals surface area contributed by atoms with Gasteiger partial charge in [-0.3, -0.25) is 0 Å². The highest BCUT2D eigenvalue weighted by Crippen LogP contribution is 2.32. The summed E-state index contributed by atoms with van der Waals surface area (Å²) in [6, 6.07) is 7.47. The number of rotatable bonds is 2. The van der Waals surface area contributed by atoms with E-state index in [-0.39, 0.29) is 0 Å². The van der Waals surface area contributed by atoms with Gasteiger partial charge in [-0.2, -0.15) is 9.30 Å².